The van der Waals surface area contributed by atoms with Gasteiger partial charge in [-0.05, 0) is 30.7 Å². The predicted molar refractivity (Wildman–Crippen MR) is 77.5 cm³/mol. The Morgan fingerprint density at radius 1 is 1.15 bits per heavy atom. The summed E-state index contributed by atoms with van der Waals surface area (Å²) >= 11 is 0. The van der Waals surface area contributed by atoms with Crippen molar-refractivity contribution in [3.8, 4) is 0 Å². The molecule has 4 nitrogen and oxygen atoms in total. The maximum absolute atomic E-state index is 12.2. The van der Waals surface area contributed by atoms with E-state index in [4.69, 9.17) is 0 Å². The number of hydrogen-bond acceptors (Lipinski definition) is 2. The van der Waals surface area contributed by atoms with Crippen LogP contribution in [0.3, 0.4) is 0 Å². The highest BCUT2D eigenvalue weighted by Gasteiger charge is 2.14. The van der Waals surface area contributed by atoms with Gasteiger partial charge in [0.25, 0.3) is 5.91 Å². The molecule has 0 aliphatic rings. The summed E-state index contributed by atoms with van der Waals surface area (Å²) in [6, 6.07) is 17.3. The first-order valence-electron chi connectivity index (χ1n) is 6.54. The van der Waals surface area contributed by atoms with Crippen LogP contribution in [0.4, 0.5) is 0 Å². The molecule has 0 aliphatic carbocycles. The quantitative estimate of drug-likeness (QED) is 0.791. The number of nitrogens with one attached hydrogen (secondary N) is 1. The molecule has 1 amide bonds. The molecule has 1 N–H and O–H groups in total. The second-order valence-electron chi connectivity index (χ2n) is 4.71. The van der Waals surface area contributed by atoms with Gasteiger partial charge < -0.3 is 5.32 Å². The van der Waals surface area contributed by atoms with Crippen LogP contribution in [0, 0.1) is 0 Å². The highest BCUT2D eigenvalue weighted by atomic mass is 16.2. The van der Waals surface area contributed by atoms with Crippen molar-refractivity contribution in [2.45, 2.75) is 13.0 Å². The molecule has 20 heavy (non-hydrogen) atoms. The predicted octanol–water partition coefficient (Wildman–Crippen LogP) is 2.83. The van der Waals surface area contributed by atoms with Crippen molar-refractivity contribution in [2.75, 3.05) is 0 Å². The minimum absolute atomic E-state index is 0.0477. The van der Waals surface area contributed by atoms with Crippen LogP contribution in [0.25, 0.3) is 5.52 Å². The van der Waals surface area contributed by atoms with Crippen LogP contribution < -0.4 is 5.32 Å². The lowest BCUT2D eigenvalue weighted by Gasteiger charge is -2.12. The number of hydrogen-bond donors (Lipinski definition) is 1. The fraction of sp³-hybridized carbons (Fsp3) is 0.125. The SMILES string of the molecule is C[C@@H](NC(=O)c1cc2ccccn2n1)c1ccccc1. The molecule has 0 fully saturated rings. The molecule has 0 saturated carbocycles. The van der Waals surface area contributed by atoms with Gasteiger partial charge in [0.15, 0.2) is 5.69 Å². The molecular formula is C16H15N3O. The van der Waals surface area contributed by atoms with Crippen LogP contribution in [0.15, 0.2) is 60.8 Å². The maximum atomic E-state index is 12.2. The lowest BCUT2D eigenvalue weighted by Crippen LogP contribution is -2.27. The van der Waals surface area contributed by atoms with Crippen molar-refractivity contribution in [3.05, 3.63) is 72.1 Å². The van der Waals surface area contributed by atoms with E-state index >= 15 is 0 Å². The number of nitrogens with zero attached hydrogens (tertiary/aromatic N) is 2. The van der Waals surface area contributed by atoms with Gasteiger partial charge in [-0.15, -0.1) is 0 Å². The minimum atomic E-state index is -0.162. The first-order valence-corrected chi connectivity index (χ1v) is 6.54. The molecule has 0 spiro atoms. The molecular weight excluding hydrogens is 250 g/mol. The molecule has 0 aliphatic heterocycles. The number of aromatic nitrogens is 2. The third kappa shape index (κ3) is 2.40. The molecule has 3 rings (SSSR count). The Balaban J connectivity index is 1.79. The zero-order valence-electron chi connectivity index (χ0n) is 11.2. The van der Waals surface area contributed by atoms with Crippen LogP contribution in [0.2, 0.25) is 0 Å². The number of benzene rings is 1. The molecule has 100 valence electrons. The van der Waals surface area contributed by atoms with Crippen LogP contribution >= 0.6 is 0 Å². The molecule has 1 aromatic carbocycles. The Hall–Kier alpha value is -2.62. The van der Waals surface area contributed by atoms with E-state index in [0.717, 1.165) is 11.1 Å². The van der Waals surface area contributed by atoms with E-state index in [1.54, 1.807) is 10.6 Å². The summed E-state index contributed by atoms with van der Waals surface area (Å²) in [6.07, 6.45) is 1.83. The summed E-state index contributed by atoms with van der Waals surface area (Å²) in [6.45, 7) is 1.96. The van der Waals surface area contributed by atoms with Gasteiger partial charge in [0.05, 0.1) is 11.6 Å². The van der Waals surface area contributed by atoms with E-state index in [1.807, 2.05) is 61.7 Å². The number of amides is 1. The van der Waals surface area contributed by atoms with Gasteiger partial charge in [-0.25, -0.2) is 4.52 Å². The van der Waals surface area contributed by atoms with Gasteiger partial charge >= 0.3 is 0 Å². The number of carbonyl (C=O) groups excluding carboxylic acids is 1. The second kappa shape index (κ2) is 5.17. The first-order chi connectivity index (χ1) is 9.74. The summed E-state index contributed by atoms with van der Waals surface area (Å²) in [7, 11) is 0. The van der Waals surface area contributed by atoms with Crippen molar-refractivity contribution in [3.63, 3.8) is 0 Å². The van der Waals surface area contributed by atoms with E-state index < -0.39 is 0 Å². The summed E-state index contributed by atoms with van der Waals surface area (Å²) in [5.74, 6) is -0.162. The van der Waals surface area contributed by atoms with Crippen molar-refractivity contribution >= 4 is 11.4 Å². The van der Waals surface area contributed by atoms with E-state index in [2.05, 4.69) is 10.4 Å². The average Bonchev–Trinajstić information content (AvgIpc) is 2.92. The topological polar surface area (TPSA) is 46.4 Å². The van der Waals surface area contributed by atoms with Crippen molar-refractivity contribution in [1.29, 1.82) is 0 Å². The zero-order valence-corrected chi connectivity index (χ0v) is 11.2. The smallest absolute Gasteiger partial charge is 0.272 e. The summed E-state index contributed by atoms with van der Waals surface area (Å²) in [5.41, 5.74) is 2.41. The van der Waals surface area contributed by atoms with Crippen molar-refractivity contribution in [1.82, 2.24) is 14.9 Å². The third-order valence-corrected chi connectivity index (χ3v) is 3.25. The van der Waals surface area contributed by atoms with Gasteiger partial charge in [-0.3, -0.25) is 4.79 Å². The van der Waals surface area contributed by atoms with E-state index in [1.165, 1.54) is 0 Å². The average molecular weight is 265 g/mol. The summed E-state index contributed by atoms with van der Waals surface area (Å²) < 4.78 is 1.70. The van der Waals surface area contributed by atoms with Crippen molar-refractivity contribution < 1.29 is 4.79 Å². The minimum Gasteiger partial charge on any atom is -0.344 e. The monoisotopic (exact) mass is 265 g/mol. The Kier molecular flexibility index (Phi) is 3.21. The van der Waals surface area contributed by atoms with Gasteiger partial charge in [-0.2, -0.15) is 5.10 Å². The van der Waals surface area contributed by atoms with Crippen molar-refractivity contribution in [2.24, 2.45) is 0 Å². The Labute approximate surface area is 117 Å². The van der Waals surface area contributed by atoms with Gasteiger partial charge in [-0.1, -0.05) is 36.4 Å². The maximum Gasteiger partial charge on any atom is 0.272 e. The molecule has 0 unspecified atom stereocenters. The van der Waals surface area contributed by atoms with Crippen LogP contribution in [-0.4, -0.2) is 15.5 Å². The van der Waals surface area contributed by atoms with E-state index in [-0.39, 0.29) is 11.9 Å². The summed E-state index contributed by atoms with van der Waals surface area (Å²) in [5, 5.41) is 7.22. The number of pyridine rings is 1. The third-order valence-electron chi connectivity index (χ3n) is 3.25. The first kappa shape index (κ1) is 12.4. The largest absolute Gasteiger partial charge is 0.344 e. The van der Waals surface area contributed by atoms with Gasteiger partial charge in [0.1, 0.15) is 0 Å². The summed E-state index contributed by atoms with van der Waals surface area (Å²) in [4.78, 5) is 12.2. The van der Waals surface area contributed by atoms with Crippen LogP contribution in [-0.2, 0) is 0 Å². The highest BCUT2D eigenvalue weighted by Crippen LogP contribution is 2.13. The Morgan fingerprint density at radius 2 is 1.90 bits per heavy atom. The Morgan fingerprint density at radius 3 is 2.65 bits per heavy atom. The standard InChI is InChI=1S/C16H15N3O/c1-12(13-7-3-2-4-8-13)17-16(20)15-11-14-9-5-6-10-19(14)18-15/h2-12H,1H3,(H,17,20)/t12-/m1/s1. The molecule has 0 radical (unpaired) electrons. The van der Waals surface area contributed by atoms with E-state index in [0.29, 0.717) is 5.69 Å². The van der Waals surface area contributed by atoms with Gasteiger partial charge in [0.2, 0.25) is 0 Å². The molecule has 2 heterocycles. The number of rotatable bonds is 3. The highest BCUT2D eigenvalue weighted by molar-refractivity contribution is 5.93. The fourth-order valence-corrected chi connectivity index (χ4v) is 2.14. The number of fused-ring (bicyclic) bond motifs is 1. The van der Waals surface area contributed by atoms with Crippen LogP contribution in [0.1, 0.15) is 29.0 Å². The molecule has 0 bridgehead atoms. The van der Waals surface area contributed by atoms with Crippen LogP contribution in [0.5, 0.6) is 0 Å². The van der Waals surface area contributed by atoms with Gasteiger partial charge in [0, 0.05) is 6.20 Å². The lowest BCUT2D eigenvalue weighted by molar-refractivity contribution is 0.0934. The molecule has 3 aromatic rings. The molecule has 4 heteroatoms. The zero-order chi connectivity index (χ0) is 13.9. The molecule has 2 aromatic heterocycles. The molecule has 1 atom stereocenters. The second-order valence-corrected chi connectivity index (χ2v) is 4.71. The fourth-order valence-electron chi connectivity index (χ4n) is 2.14. The Bertz CT molecular complexity index is 701. The lowest BCUT2D eigenvalue weighted by atomic mass is 10.1. The van der Waals surface area contributed by atoms with E-state index in [9.17, 15) is 4.79 Å². The normalized spacial score (nSPS) is 12.2. The molecule has 0 saturated heterocycles. The number of carbonyl (C=O) groups is 1.